The van der Waals surface area contributed by atoms with Gasteiger partial charge in [-0.25, -0.2) is 0 Å². The molecule has 0 radical (unpaired) electrons. The van der Waals surface area contributed by atoms with Crippen molar-refractivity contribution >= 4 is 11.4 Å². The minimum Gasteiger partial charge on any atom is -0.383 e. The standard InChI is InChI=1S/C17H26N2/c1-2-8-15(9-3-1)14-18-16-10-4-5-11-17(16)19-12-6-7-13-19/h4-5,10-11,15,18H,1-3,6-9,12-14H2. The Bertz CT molecular complexity index is 390. The Labute approximate surface area is 117 Å². The molecule has 2 nitrogen and oxygen atoms in total. The number of nitrogens with one attached hydrogen (secondary N) is 1. The van der Waals surface area contributed by atoms with Crippen LogP contribution in [0.2, 0.25) is 0 Å². The van der Waals surface area contributed by atoms with E-state index in [0.717, 1.165) is 12.5 Å². The molecule has 2 fully saturated rings. The highest BCUT2D eigenvalue weighted by Gasteiger charge is 2.17. The SMILES string of the molecule is c1ccc(N2CCCC2)c(NCC2CCCCC2)c1. The van der Waals surface area contributed by atoms with E-state index in [1.54, 1.807) is 0 Å². The van der Waals surface area contributed by atoms with Gasteiger partial charge in [0.15, 0.2) is 0 Å². The zero-order chi connectivity index (χ0) is 12.9. The average Bonchev–Trinajstić information content (AvgIpc) is 3.01. The van der Waals surface area contributed by atoms with Gasteiger partial charge in [-0.1, -0.05) is 31.4 Å². The largest absolute Gasteiger partial charge is 0.383 e. The molecule has 0 amide bonds. The summed E-state index contributed by atoms with van der Waals surface area (Å²) in [4.78, 5) is 2.53. The maximum atomic E-state index is 3.72. The van der Waals surface area contributed by atoms with Gasteiger partial charge >= 0.3 is 0 Å². The lowest BCUT2D eigenvalue weighted by Crippen LogP contribution is -2.21. The zero-order valence-electron chi connectivity index (χ0n) is 11.9. The summed E-state index contributed by atoms with van der Waals surface area (Å²) in [5.74, 6) is 0.889. The Morgan fingerprint density at radius 2 is 1.68 bits per heavy atom. The van der Waals surface area contributed by atoms with Crippen LogP contribution < -0.4 is 10.2 Å². The second-order valence-corrected chi connectivity index (χ2v) is 6.10. The molecule has 1 N–H and O–H groups in total. The molecule has 104 valence electrons. The summed E-state index contributed by atoms with van der Waals surface area (Å²) < 4.78 is 0. The van der Waals surface area contributed by atoms with Crippen molar-refractivity contribution in [1.82, 2.24) is 0 Å². The second-order valence-electron chi connectivity index (χ2n) is 6.10. The van der Waals surface area contributed by atoms with Crippen molar-refractivity contribution in [2.24, 2.45) is 5.92 Å². The van der Waals surface area contributed by atoms with Gasteiger partial charge in [0.25, 0.3) is 0 Å². The Morgan fingerprint density at radius 3 is 2.47 bits per heavy atom. The first-order chi connectivity index (χ1) is 9.43. The van der Waals surface area contributed by atoms with E-state index in [4.69, 9.17) is 0 Å². The summed E-state index contributed by atoms with van der Waals surface area (Å²) in [6.45, 7) is 3.61. The molecule has 0 atom stereocenters. The lowest BCUT2D eigenvalue weighted by molar-refractivity contribution is 0.373. The van der Waals surface area contributed by atoms with Gasteiger partial charge in [0.2, 0.25) is 0 Å². The molecule has 1 aromatic rings. The molecular weight excluding hydrogens is 232 g/mol. The third-order valence-electron chi connectivity index (χ3n) is 4.66. The number of rotatable bonds is 4. The van der Waals surface area contributed by atoms with Gasteiger partial charge in [-0.05, 0) is 43.7 Å². The molecular formula is C17H26N2. The van der Waals surface area contributed by atoms with E-state index in [2.05, 4.69) is 34.5 Å². The number of anilines is 2. The van der Waals surface area contributed by atoms with Crippen LogP contribution in [0, 0.1) is 5.92 Å². The van der Waals surface area contributed by atoms with Gasteiger partial charge in [-0.15, -0.1) is 0 Å². The van der Waals surface area contributed by atoms with Gasteiger partial charge in [-0.3, -0.25) is 0 Å². The van der Waals surface area contributed by atoms with Crippen molar-refractivity contribution in [1.29, 1.82) is 0 Å². The van der Waals surface area contributed by atoms with Gasteiger partial charge in [0, 0.05) is 19.6 Å². The number of hydrogen-bond donors (Lipinski definition) is 1. The van der Waals surface area contributed by atoms with Crippen LogP contribution in [0.3, 0.4) is 0 Å². The van der Waals surface area contributed by atoms with Crippen LogP contribution in [-0.2, 0) is 0 Å². The molecule has 0 aromatic heterocycles. The molecule has 0 spiro atoms. The number of hydrogen-bond acceptors (Lipinski definition) is 2. The first-order valence-electron chi connectivity index (χ1n) is 8.01. The van der Waals surface area contributed by atoms with Crippen LogP contribution in [-0.4, -0.2) is 19.6 Å². The quantitative estimate of drug-likeness (QED) is 0.867. The zero-order valence-corrected chi connectivity index (χ0v) is 11.9. The second kappa shape index (κ2) is 6.31. The first kappa shape index (κ1) is 12.8. The summed E-state index contributed by atoms with van der Waals surface area (Å²) >= 11 is 0. The molecule has 19 heavy (non-hydrogen) atoms. The minimum atomic E-state index is 0.889. The Kier molecular flexibility index (Phi) is 4.27. The normalized spacial score (nSPS) is 20.7. The van der Waals surface area contributed by atoms with E-state index >= 15 is 0 Å². The van der Waals surface area contributed by atoms with Crippen molar-refractivity contribution in [3.63, 3.8) is 0 Å². The summed E-state index contributed by atoms with van der Waals surface area (Å²) in [5, 5.41) is 3.72. The molecule has 0 bridgehead atoms. The summed E-state index contributed by atoms with van der Waals surface area (Å²) in [6.07, 6.45) is 9.83. The third kappa shape index (κ3) is 3.23. The molecule has 1 saturated heterocycles. The Balaban J connectivity index is 1.62. The fraction of sp³-hybridized carbons (Fsp3) is 0.647. The van der Waals surface area contributed by atoms with E-state index in [1.165, 1.54) is 69.4 Å². The molecule has 3 rings (SSSR count). The highest BCUT2D eigenvalue weighted by molar-refractivity contribution is 5.70. The molecule has 2 aliphatic rings. The van der Waals surface area contributed by atoms with Crippen LogP contribution in [0.25, 0.3) is 0 Å². The Morgan fingerprint density at radius 1 is 0.947 bits per heavy atom. The summed E-state index contributed by atoms with van der Waals surface area (Å²) in [7, 11) is 0. The predicted molar refractivity (Wildman–Crippen MR) is 83.0 cm³/mol. The average molecular weight is 258 g/mol. The lowest BCUT2D eigenvalue weighted by Gasteiger charge is -2.25. The number of benzene rings is 1. The van der Waals surface area contributed by atoms with Crippen molar-refractivity contribution in [2.45, 2.75) is 44.9 Å². The summed E-state index contributed by atoms with van der Waals surface area (Å²) in [5.41, 5.74) is 2.76. The van der Waals surface area contributed by atoms with Gasteiger partial charge < -0.3 is 10.2 Å². The first-order valence-corrected chi connectivity index (χ1v) is 8.01. The van der Waals surface area contributed by atoms with Crippen molar-refractivity contribution in [2.75, 3.05) is 29.9 Å². The van der Waals surface area contributed by atoms with Crippen molar-refractivity contribution in [3.8, 4) is 0 Å². The van der Waals surface area contributed by atoms with Crippen molar-refractivity contribution < 1.29 is 0 Å². The van der Waals surface area contributed by atoms with E-state index in [9.17, 15) is 0 Å². The molecule has 0 unspecified atom stereocenters. The fourth-order valence-electron chi connectivity index (χ4n) is 3.50. The molecule has 1 aliphatic carbocycles. The monoisotopic (exact) mass is 258 g/mol. The van der Waals surface area contributed by atoms with E-state index in [0.29, 0.717) is 0 Å². The molecule has 1 heterocycles. The van der Waals surface area contributed by atoms with Gasteiger partial charge in [0.1, 0.15) is 0 Å². The predicted octanol–water partition coefficient (Wildman–Crippen LogP) is 4.28. The molecule has 1 aliphatic heterocycles. The number of nitrogens with zero attached hydrogens (tertiary/aromatic N) is 1. The maximum Gasteiger partial charge on any atom is 0.0602 e. The van der Waals surface area contributed by atoms with Crippen LogP contribution >= 0.6 is 0 Å². The van der Waals surface area contributed by atoms with Crippen LogP contribution in [0.5, 0.6) is 0 Å². The molecule has 2 heteroatoms. The topological polar surface area (TPSA) is 15.3 Å². The molecule has 1 saturated carbocycles. The van der Waals surface area contributed by atoms with Crippen LogP contribution in [0.1, 0.15) is 44.9 Å². The third-order valence-corrected chi connectivity index (χ3v) is 4.66. The highest BCUT2D eigenvalue weighted by Crippen LogP contribution is 2.30. The van der Waals surface area contributed by atoms with Gasteiger partial charge in [0.05, 0.1) is 11.4 Å². The van der Waals surface area contributed by atoms with Gasteiger partial charge in [-0.2, -0.15) is 0 Å². The maximum absolute atomic E-state index is 3.72. The van der Waals surface area contributed by atoms with Crippen LogP contribution in [0.15, 0.2) is 24.3 Å². The van der Waals surface area contributed by atoms with E-state index in [1.807, 2.05) is 0 Å². The van der Waals surface area contributed by atoms with E-state index < -0.39 is 0 Å². The minimum absolute atomic E-state index is 0.889. The lowest BCUT2D eigenvalue weighted by atomic mass is 9.89. The fourth-order valence-corrected chi connectivity index (χ4v) is 3.50. The molecule has 1 aromatic carbocycles. The Hall–Kier alpha value is -1.18. The number of para-hydroxylation sites is 2. The summed E-state index contributed by atoms with van der Waals surface area (Å²) in [6, 6.07) is 8.84. The van der Waals surface area contributed by atoms with Crippen molar-refractivity contribution in [3.05, 3.63) is 24.3 Å². The smallest absolute Gasteiger partial charge is 0.0602 e. The van der Waals surface area contributed by atoms with Crippen LogP contribution in [0.4, 0.5) is 11.4 Å². The highest BCUT2D eigenvalue weighted by atomic mass is 15.2. The van der Waals surface area contributed by atoms with E-state index in [-0.39, 0.29) is 0 Å².